The molecule has 0 saturated carbocycles. The highest BCUT2D eigenvalue weighted by atomic mass is 16.6. The number of cyclic esters (lactones) is 1. The molecule has 1 fully saturated rings. The molecule has 2 N–H and O–H groups in total. The SMILES string of the molecule is Cc1ccc(N2CCOC2=O)cc1NC(=O)NCc1cccnc1-n1ccnc1. The van der Waals surface area contributed by atoms with E-state index in [1.54, 1.807) is 35.6 Å². The first kappa shape index (κ1) is 18.5. The number of benzene rings is 1. The monoisotopic (exact) mass is 392 g/mol. The number of hydrogen-bond donors (Lipinski definition) is 2. The van der Waals surface area contributed by atoms with Crippen molar-refractivity contribution in [3.63, 3.8) is 0 Å². The highest BCUT2D eigenvalue weighted by Crippen LogP contribution is 2.25. The van der Waals surface area contributed by atoms with Crippen LogP contribution in [0.1, 0.15) is 11.1 Å². The number of hydrogen-bond acceptors (Lipinski definition) is 5. The van der Waals surface area contributed by atoms with E-state index in [4.69, 9.17) is 4.74 Å². The maximum Gasteiger partial charge on any atom is 0.414 e. The molecule has 3 heterocycles. The molecule has 3 aromatic rings. The van der Waals surface area contributed by atoms with Crippen molar-refractivity contribution in [3.8, 4) is 5.82 Å². The van der Waals surface area contributed by atoms with Crippen LogP contribution in [0.3, 0.4) is 0 Å². The molecule has 1 saturated heterocycles. The largest absolute Gasteiger partial charge is 0.447 e. The summed E-state index contributed by atoms with van der Waals surface area (Å²) in [6.45, 7) is 3.04. The Morgan fingerprint density at radius 3 is 2.93 bits per heavy atom. The molecule has 0 unspecified atom stereocenters. The summed E-state index contributed by atoms with van der Waals surface area (Å²) in [7, 11) is 0. The number of imidazole rings is 1. The number of nitrogens with zero attached hydrogens (tertiary/aromatic N) is 4. The van der Waals surface area contributed by atoms with Crippen molar-refractivity contribution < 1.29 is 14.3 Å². The van der Waals surface area contributed by atoms with E-state index in [1.165, 1.54) is 4.90 Å². The first-order valence-corrected chi connectivity index (χ1v) is 9.14. The summed E-state index contributed by atoms with van der Waals surface area (Å²) < 4.78 is 6.76. The van der Waals surface area contributed by atoms with Crippen LogP contribution in [0.5, 0.6) is 0 Å². The van der Waals surface area contributed by atoms with Crippen molar-refractivity contribution in [2.45, 2.75) is 13.5 Å². The topological polar surface area (TPSA) is 101 Å². The second-order valence-electron chi connectivity index (χ2n) is 6.53. The Bertz CT molecular complexity index is 1030. The van der Waals surface area contributed by atoms with Gasteiger partial charge in [-0.05, 0) is 30.7 Å². The van der Waals surface area contributed by atoms with Gasteiger partial charge in [0, 0.05) is 42.1 Å². The molecule has 0 atom stereocenters. The Kier molecular flexibility index (Phi) is 5.10. The van der Waals surface area contributed by atoms with Gasteiger partial charge in [0.2, 0.25) is 0 Å². The van der Waals surface area contributed by atoms with Gasteiger partial charge in [-0.1, -0.05) is 12.1 Å². The number of aryl methyl sites for hydroxylation is 1. The van der Waals surface area contributed by atoms with Gasteiger partial charge in [0.05, 0.1) is 6.54 Å². The van der Waals surface area contributed by atoms with Gasteiger partial charge < -0.3 is 15.4 Å². The Labute approximate surface area is 167 Å². The maximum absolute atomic E-state index is 12.5. The zero-order chi connectivity index (χ0) is 20.2. The van der Waals surface area contributed by atoms with E-state index in [0.29, 0.717) is 36.9 Å². The highest BCUT2D eigenvalue weighted by Gasteiger charge is 2.24. The van der Waals surface area contributed by atoms with Crippen LogP contribution in [0.4, 0.5) is 21.0 Å². The summed E-state index contributed by atoms with van der Waals surface area (Å²) in [5, 5.41) is 5.69. The smallest absolute Gasteiger partial charge is 0.414 e. The van der Waals surface area contributed by atoms with Gasteiger partial charge in [0.15, 0.2) is 0 Å². The van der Waals surface area contributed by atoms with E-state index in [0.717, 1.165) is 11.1 Å². The van der Waals surface area contributed by atoms with Crippen LogP contribution in [0.15, 0.2) is 55.2 Å². The number of amides is 3. The minimum atomic E-state index is -0.382. The minimum Gasteiger partial charge on any atom is -0.447 e. The third kappa shape index (κ3) is 4.03. The van der Waals surface area contributed by atoms with Crippen LogP contribution in [-0.2, 0) is 11.3 Å². The lowest BCUT2D eigenvalue weighted by atomic mass is 10.1. The fourth-order valence-electron chi connectivity index (χ4n) is 3.07. The van der Waals surface area contributed by atoms with Crippen LogP contribution < -0.4 is 15.5 Å². The number of carbonyl (C=O) groups excluding carboxylic acids is 2. The Morgan fingerprint density at radius 2 is 2.17 bits per heavy atom. The van der Waals surface area contributed by atoms with E-state index in [9.17, 15) is 9.59 Å². The number of anilines is 2. The van der Waals surface area contributed by atoms with Gasteiger partial charge in [-0.3, -0.25) is 9.47 Å². The quantitative estimate of drug-likeness (QED) is 0.695. The molecule has 3 amide bonds. The first-order chi connectivity index (χ1) is 14.1. The number of nitrogens with one attached hydrogen (secondary N) is 2. The predicted octanol–water partition coefficient (Wildman–Crippen LogP) is 2.85. The summed E-state index contributed by atoms with van der Waals surface area (Å²) in [6.07, 6.45) is 6.43. The van der Waals surface area contributed by atoms with Crippen LogP contribution in [0.2, 0.25) is 0 Å². The third-order valence-electron chi connectivity index (χ3n) is 4.60. The first-order valence-electron chi connectivity index (χ1n) is 9.14. The molecule has 1 aromatic carbocycles. The molecule has 29 heavy (non-hydrogen) atoms. The number of ether oxygens (including phenoxy) is 1. The molecule has 9 nitrogen and oxygen atoms in total. The summed E-state index contributed by atoms with van der Waals surface area (Å²) in [5.41, 5.74) is 3.05. The third-order valence-corrected chi connectivity index (χ3v) is 4.60. The van der Waals surface area contributed by atoms with Crippen molar-refractivity contribution in [2.75, 3.05) is 23.4 Å². The molecule has 4 rings (SSSR count). The van der Waals surface area contributed by atoms with E-state index in [2.05, 4.69) is 20.6 Å². The number of pyridine rings is 1. The lowest BCUT2D eigenvalue weighted by molar-refractivity contribution is 0.181. The molecule has 1 aliphatic heterocycles. The molecular weight excluding hydrogens is 372 g/mol. The molecule has 0 bridgehead atoms. The van der Waals surface area contributed by atoms with Crippen LogP contribution in [-0.4, -0.2) is 39.8 Å². The van der Waals surface area contributed by atoms with E-state index >= 15 is 0 Å². The summed E-state index contributed by atoms with van der Waals surface area (Å²) >= 11 is 0. The fraction of sp³-hybridized carbons (Fsp3) is 0.200. The van der Waals surface area contributed by atoms with Crippen molar-refractivity contribution in [3.05, 3.63) is 66.4 Å². The zero-order valence-electron chi connectivity index (χ0n) is 15.8. The van der Waals surface area contributed by atoms with Crippen molar-refractivity contribution in [1.29, 1.82) is 0 Å². The summed E-state index contributed by atoms with van der Waals surface area (Å²) in [5.74, 6) is 0.705. The van der Waals surface area contributed by atoms with Crippen molar-refractivity contribution in [1.82, 2.24) is 19.9 Å². The molecule has 0 spiro atoms. The lowest BCUT2D eigenvalue weighted by Gasteiger charge is -2.16. The maximum atomic E-state index is 12.5. The van der Waals surface area contributed by atoms with E-state index < -0.39 is 0 Å². The van der Waals surface area contributed by atoms with Crippen molar-refractivity contribution in [2.24, 2.45) is 0 Å². The average molecular weight is 392 g/mol. The van der Waals surface area contributed by atoms with Crippen LogP contribution in [0, 0.1) is 6.92 Å². The fourth-order valence-corrected chi connectivity index (χ4v) is 3.07. The van der Waals surface area contributed by atoms with Gasteiger partial charge in [-0.25, -0.2) is 19.6 Å². The predicted molar refractivity (Wildman–Crippen MR) is 107 cm³/mol. The molecule has 0 aliphatic carbocycles. The lowest BCUT2D eigenvalue weighted by Crippen LogP contribution is -2.29. The Morgan fingerprint density at radius 1 is 1.28 bits per heavy atom. The highest BCUT2D eigenvalue weighted by molar-refractivity contribution is 5.93. The van der Waals surface area contributed by atoms with Gasteiger partial charge in [-0.2, -0.15) is 0 Å². The standard InChI is InChI=1S/C20H20N6O3/c1-14-4-5-16(26-9-10-29-20(26)28)11-17(14)24-19(27)23-12-15-3-2-6-22-18(15)25-8-7-21-13-25/h2-8,11,13H,9-10,12H2,1H3,(H2,23,24,27). The molecule has 9 heteroatoms. The average Bonchev–Trinajstić information content (AvgIpc) is 3.40. The molecule has 148 valence electrons. The second kappa shape index (κ2) is 8.01. The normalized spacial score (nSPS) is 13.3. The van der Waals surface area contributed by atoms with Crippen LogP contribution >= 0.6 is 0 Å². The second-order valence-corrected chi connectivity index (χ2v) is 6.53. The summed E-state index contributed by atoms with van der Waals surface area (Å²) in [6, 6.07) is 8.82. The number of aromatic nitrogens is 3. The minimum absolute atomic E-state index is 0.296. The number of carbonyl (C=O) groups is 2. The van der Waals surface area contributed by atoms with Gasteiger partial charge in [0.1, 0.15) is 18.8 Å². The molecule has 2 aromatic heterocycles. The van der Waals surface area contributed by atoms with Gasteiger partial charge >= 0.3 is 12.1 Å². The zero-order valence-corrected chi connectivity index (χ0v) is 15.8. The van der Waals surface area contributed by atoms with E-state index in [-0.39, 0.29) is 12.1 Å². The molecule has 1 aliphatic rings. The summed E-state index contributed by atoms with van der Waals surface area (Å²) in [4.78, 5) is 34.2. The number of rotatable bonds is 5. The number of urea groups is 1. The van der Waals surface area contributed by atoms with Crippen LogP contribution in [0.25, 0.3) is 5.82 Å². The molecule has 0 radical (unpaired) electrons. The van der Waals surface area contributed by atoms with Gasteiger partial charge in [-0.15, -0.1) is 0 Å². The van der Waals surface area contributed by atoms with E-state index in [1.807, 2.05) is 31.2 Å². The Balaban J connectivity index is 1.44. The molecular formula is C20H20N6O3. The van der Waals surface area contributed by atoms with Gasteiger partial charge in [0.25, 0.3) is 0 Å². The Hall–Kier alpha value is -3.88. The van der Waals surface area contributed by atoms with Crippen molar-refractivity contribution >= 4 is 23.5 Å².